The monoisotopic (exact) mass is 240 g/mol. The molecule has 0 radical (unpaired) electrons. The number of hydrogen-bond donors (Lipinski definition) is 1. The second-order valence-corrected chi connectivity index (χ2v) is 6.27. The molecule has 1 saturated carbocycles. The smallest absolute Gasteiger partial charge is 0.0940 e. The molecule has 4 unspecified atom stereocenters. The first-order valence-corrected chi connectivity index (χ1v) is 7.10. The van der Waals surface area contributed by atoms with E-state index in [1.54, 1.807) is 0 Å². The van der Waals surface area contributed by atoms with Crippen LogP contribution in [0.5, 0.6) is 0 Å². The predicted octanol–water partition coefficient (Wildman–Crippen LogP) is 1.98. The van der Waals surface area contributed by atoms with Gasteiger partial charge in [0.1, 0.15) is 0 Å². The van der Waals surface area contributed by atoms with Crippen LogP contribution in [0.15, 0.2) is 0 Å². The van der Waals surface area contributed by atoms with Crippen LogP contribution in [0.1, 0.15) is 39.0 Å². The first-order chi connectivity index (χ1) is 8.20. The number of ether oxygens (including phenoxy) is 2. The number of rotatable bonds is 3. The van der Waals surface area contributed by atoms with Crippen molar-refractivity contribution in [2.45, 2.75) is 50.7 Å². The Kier molecular flexibility index (Phi) is 3.18. The van der Waals surface area contributed by atoms with E-state index in [0.29, 0.717) is 11.8 Å². The topological polar surface area (TPSA) is 38.7 Å². The fourth-order valence-electron chi connectivity index (χ4n) is 3.55. The first-order valence-electron chi connectivity index (χ1n) is 7.10. The van der Waals surface area contributed by atoms with Crippen molar-refractivity contribution in [2.75, 3.05) is 19.8 Å². The van der Waals surface area contributed by atoms with Crippen molar-refractivity contribution in [3.63, 3.8) is 0 Å². The summed E-state index contributed by atoms with van der Waals surface area (Å²) in [6.45, 7) is 4.56. The van der Waals surface area contributed by atoms with E-state index in [-0.39, 0.29) is 11.7 Å². The van der Waals surface area contributed by atoms with Crippen molar-refractivity contribution >= 4 is 0 Å². The second-order valence-electron chi connectivity index (χ2n) is 6.27. The van der Waals surface area contributed by atoms with Crippen LogP contribution < -0.4 is 0 Å². The van der Waals surface area contributed by atoms with Crippen molar-refractivity contribution in [3.05, 3.63) is 0 Å². The Bertz CT molecular complexity index is 269. The molecule has 3 rings (SSSR count). The predicted molar refractivity (Wildman–Crippen MR) is 64.7 cm³/mol. The average Bonchev–Trinajstić information content (AvgIpc) is 3.11. The highest BCUT2D eigenvalue weighted by Gasteiger charge is 2.45. The third-order valence-corrected chi connectivity index (χ3v) is 4.99. The lowest BCUT2D eigenvalue weighted by Gasteiger charge is -2.40. The van der Waals surface area contributed by atoms with Crippen molar-refractivity contribution in [3.8, 4) is 0 Å². The minimum Gasteiger partial charge on any atom is -0.393 e. The second kappa shape index (κ2) is 4.52. The Balaban J connectivity index is 1.62. The lowest BCUT2D eigenvalue weighted by Crippen LogP contribution is -2.45. The SMILES string of the molecule is CC(C1CC1)C(O)C1CCOC2(CCOC2)C1. The molecule has 98 valence electrons. The highest BCUT2D eigenvalue weighted by Crippen LogP contribution is 2.44. The van der Waals surface area contributed by atoms with Crippen LogP contribution in [-0.2, 0) is 9.47 Å². The lowest BCUT2D eigenvalue weighted by molar-refractivity contribution is -0.123. The third kappa shape index (κ3) is 2.38. The van der Waals surface area contributed by atoms with Gasteiger partial charge in [-0.15, -0.1) is 0 Å². The van der Waals surface area contributed by atoms with Gasteiger partial charge in [-0.2, -0.15) is 0 Å². The molecule has 1 N–H and O–H groups in total. The number of hydrogen-bond acceptors (Lipinski definition) is 3. The van der Waals surface area contributed by atoms with Crippen LogP contribution >= 0.6 is 0 Å². The summed E-state index contributed by atoms with van der Waals surface area (Å²) in [7, 11) is 0. The number of aliphatic hydroxyl groups excluding tert-OH is 1. The minimum absolute atomic E-state index is 0.0623. The highest BCUT2D eigenvalue weighted by atomic mass is 16.6. The summed E-state index contributed by atoms with van der Waals surface area (Å²) in [5.74, 6) is 1.67. The molecule has 0 aromatic carbocycles. The Morgan fingerprint density at radius 2 is 2.00 bits per heavy atom. The molecular weight excluding hydrogens is 216 g/mol. The lowest BCUT2D eigenvalue weighted by atomic mass is 9.78. The van der Waals surface area contributed by atoms with Gasteiger partial charge in [-0.25, -0.2) is 0 Å². The molecule has 4 atom stereocenters. The van der Waals surface area contributed by atoms with Crippen LogP contribution in [0, 0.1) is 17.8 Å². The van der Waals surface area contributed by atoms with E-state index >= 15 is 0 Å². The van der Waals surface area contributed by atoms with Gasteiger partial charge in [-0.3, -0.25) is 0 Å². The maximum Gasteiger partial charge on any atom is 0.0940 e. The van der Waals surface area contributed by atoms with Crippen molar-refractivity contribution in [2.24, 2.45) is 17.8 Å². The molecule has 0 aromatic rings. The summed E-state index contributed by atoms with van der Waals surface area (Å²) in [6, 6.07) is 0. The van der Waals surface area contributed by atoms with E-state index in [4.69, 9.17) is 9.47 Å². The van der Waals surface area contributed by atoms with E-state index in [0.717, 1.165) is 45.0 Å². The molecule has 1 aliphatic carbocycles. The maximum atomic E-state index is 10.5. The van der Waals surface area contributed by atoms with Crippen molar-refractivity contribution in [1.82, 2.24) is 0 Å². The van der Waals surface area contributed by atoms with Crippen LogP contribution in [0.2, 0.25) is 0 Å². The molecule has 3 fully saturated rings. The highest BCUT2D eigenvalue weighted by molar-refractivity contribution is 4.94. The molecule has 0 amide bonds. The summed E-state index contributed by atoms with van der Waals surface area (Å²) in [5, 5.41) is 10.5. The summed E-state index contributed by atoms with van der Waals surface area (Å²) in [5.41, 5.74) is -0.0623. The quantitative estimate of drug-likeness (QED) is 0.820. The van der Waals surface area contributed by atoms with Crippen LogP contribution in [0.3, 0.4) is 0 Å². The molecule has 0 aromatic heterocycles. The molecule has 1 spiro atoms. The van der Waals surface area contributed by atoms with Gasteiger partial charge >= 0.3 is 0 Å². The Morgan fingerprint density at radius 3 is 2.65 bits per heavy atom. The molecule has 2 heterocycles. The van der Waals surface area contributed by atoms with Crippen molar-refractivity contribution in [1.29, 1.82) is 0 Å². The molecule has 3 aliphatic rings. The third-order valence-electron chi connectivity index (χ3n) is 4.99. The maximum absolute atomic E-state index is 10.5. The standard InChI is InChI=1S/C14H24O3/c1-10(11-2-3-11)13(15)12-4-6-17-14(8-12)5-7-16-9-14/h10-13,15H,2-9H2,1H3. The van der Waals surface area contributed by atoms with E-state index in [1.165, 1.54) is 12.8 Å². The van der Waals surface area contributed by atoms with E-state index in [9.17, 15) is 5.11 Å². The summed E-state index contributed by atoms with van der Waals surface area (Å²) in [4.78, 5) is 0. The van der Waals surface area contributed by atoms with Gasteiger partial charge in [0.15, 0.2) is 0 Å². The Morgan fingerprint density at radius 1 is 1.18 bits per heavy atom. The van der Waals surface area contributed by atoms with Crippen molar-refractivity contribution < 1.29 is 14.6 Å². The zero-order chi connectivity index (χ0) is 11.9. The molecular formula is C14H24O3. The first kappa shape index (κ1) is 11.9. The molecule has 3 heteroatoms. The zero-order valence-corrected chi connectivity index (χ0v) is 10.7. The summed E-state index contributed by atoms with van der Waals surface area (Å²) < 4.78 is 11.4. The molecule has 2 saturated heterocycles. The van der Waals surface area contributed by atoms with Crippen LogP contribution in [0.4, 0.5) is 0 Å². The average molecular weight is 240 g/mol. The van der Waals surface area contributed by atoms with E-state index in [2.05, 4.69) is 6.92 Å². The largest absolute Gasteiger partial charge is 0.393 e. The summed E-state index contributed by atoms with van der Waals surface area (Å²) >= 11 is 0. The normalized spacial score (nSPS) is 41.6. The van der Waals surface area contributed by atoms with Gasteiger partial charge in [0.2, 0.25) is 0 Å². The molecule has 17 heavy (non-hydrogen) atoms. The van der Waals surface area contributed by atoms with E-state index < -0.39 is 0 Å². The Hall–Kier alpha value is -0.120. The molecule has 3 nitrogen and oxygen atoms in total. The van der Waals surface area contributed by atoms with Gasteiger partial charge < -0.3 is 14.6 Å². The van der Waals surface area contributed by atoms with Gasteiger partial charge in [-0.1, -0.05) is 6.92 Å². The van der Waals surface area contributed by atoms with Gasteiger partial charge in [-0.05, 0) is 43.4 Å². The Labute approximate surface area is 103 Å². The summed E-state index contributed by atoms with van der Waals surface area (Å²) in [6.07, 6.45) is 5.51. The fraction of sp³-hybridized carbons (Fsp3) is 1.00. The minimum atomic E-state index is -0.135. The van der Waals surface area contributed by atoms with E-state index in [1.807, 2.05) is 0 Å². The molecule has 0 bridgehead atoms. The van der Waals surface area contributed by atoms with Crippen LogP contribution in [-0.4, -0.2) is 36.6 Å². The van der Waals surface area contributed by atoms with Gasteiger partial charge in [0.05, 0.1) is 18.3 Å². The fourth-order valence-corrected chi connectivity index (χ4v) is 3.55. The molecule has 2 aliphatic heterocycles. The van der Waals surface area contributed by atoms with Gasteiger partial charge in [0, 0.05) is 19.6 Å². The number of aliphatic hydroxyl groups is 1. The zero-order valence-electron chi connectivity index (χ0n) is 10.7. The van der Waals surface area contributed by atoms with Gasteiger partial charge in [0.25, 0.3) is 0 Å². The van der Waals surface area contributed by atoms with Crippen LogP contribution in [0.25, 0.3) is 0 Å².